The Morgan fingerprint density at radius 2 is 1.89 bits per heavy atom. The van der Waals surface area contributed by atoms with E-state index in [1.807, 2.05) is 7.05 Å². The van der Waals surface area contributed by atoms with Crippen molar-refractivity contribution >= 4 is 28.5 Å². The average Bonchev–Trinajstić information content (AvgIpc) is 3.56. The number of halogens is 3. The van der Waals surface area contributed by atoms with E-state index in [0.29, 0.717) is 29.6 Å². The van der Waals surface area contributed by atoms with Crippen LogP contribution in [0.3, 0.4) is 0 Å². The maximum Gasteiger partial charge on any atom is 0.468 e. The van der Waals surface area contributed by atoms with Crippen molar-refractivity contribution in [3.05, 3.63) is 64.1 Å². The largest absolute Gasteiger partial charge is 0.487 e. The molecule has 3 aliphatic heterocycles. The number of aliphatic hydroxyl groups is 1. The number of nitrogens with one attached hydrogen (secondary N) is 3. The first kappa shape index (κ1) is 30.6. The van der Waals surface area contributed by atoms with Crippen LogP contribution in [0.1, 0.15) is 33.6 Å². The Morgan fingerprint density at radius 1 is 1.15 bits per heavy atom. The number of aromatic nitrogens is 3. The maximum atomic E-state index is 13.7. The summed E-state index contributed by atoms with van der Waals surface area (Å²) in [5.41, 5.74) is 1.29. The third-order valence-corrected chi connectivity index (χ3v) is 8.40. The number of amides is 2. The molecule has 7 rings (SSSR count). The van der Waals surface area contributed by atoms with Gasteiger partial charge in [-0.25, -0.2) is 4.98 Å². The van der Waals surface area contributed by atoms with Gasteiger partial charge in [-0.15, -0.1) is 0 Å². The monoisotopic (exact) mass is 654 g/mol. The molecule has 4 N–H and O–H groups in total. The summed E-state index contributed by atoms with van der Waals surface area (Å²) in [6, 6.07) is 8.37. The van der Waals surface area contributed by atoms with Crippen LogP contribution >= 0.6 is 0 Å². The second-order valence-corrected chi connectivity index (χ2v) is 11.6. The number of piperidine rings is 1. The lowest BCUT2D eigenvalue weighted by Gasteiger charge is -2.33. The van der Waals surface area contributed by atoms with Crippen molar-refractivity contribution in [1.29, 1.82) is 0 Å². The number of benzene rings is 2. The molecule has 16 heteroatoms. The fourth-order valence-corrected chi connectivity index (χ4v) is 5.97. The molecular weight excluding hydrogens is 625 g/mol. The van der Waals surface area contributed by atoms with E-state index in [0.717, 1.165) is 13.1 Å². The molecule has 1 saturated heterocycles. The van der Waals surface area contributed by atoms with Gasteiger partial charge in [0.2, 0.25) is 5.75 Å². The minimum atomic E-state index is -4.16. The van der Waals surface area contributed by atoms with Crippen molar-refractivity contribution in [2.45, 2.75) is 37.5 Å². The number of aromatic amines is 2. The molecule has 0 saturated carbocycles. The predicted molar refractivity (Wildman–Crippen MR) is 161 cm³/mol. The highest BCUT2D eigenvalue weighted by Crippen LogP contribution is 2.46. The number of imide groups is 1. The van der Waals surface area contributed by atoms with Crippen LogP contribution in [0.5, 0.6) is 17.2 Å². The van der Waals surface area contributed by atoms with E-state index in [-0.39, 0.29) is 65.0 Å². The van der Waals surface area contributed by atoms with Crippen LogP contribution in [0.4, 0.5) is 18.9 Å². The zero-order chi connectivity index (χ0) is 33.0. The van der Waals surface area contributed by atoms with E-state index in [4.69, 9.17) is 4.74 Å². The number of hydrogen-bond acceptors (Lipinski definition) is 10. The Morgan fingerprint density at radius 3 is 2.66 bits per heavy atom. The number of hydrogen-bond donors (Lipinski definition) is 4. The van der Waals surface area contributed by atoms with Gasteiger partial charge >= 0.3 is 12.5 Å². The Hall–Kier alpha value is -5.09. The molecule has 4 aromatic rings. The molecule has 0 aliphatic carbocycles. The minimum Gasteiger partial charge on any atom is -0.487 e. The number of alkyl halides is 3. The first-order valence-electron chi connectivity index (χ1n) is 14.9. The number of likely N-dealkylation sites (tertiary alicyclic amines) is 1. The van der Waals surface area contributed by atoms with Gasteiger partial charge in [0.1, 0.15) is 24.1 Å². The van der Waals surface area contributed by atoms with Crippen molar-refractivity contribution in [2.24, 2.45) is 0 Å². The van der Waals surface area contributed by atoms with Crippen LogP contribution in [-0.2, 0) is 0 Å². The summed E-state index contributed by atoms with van der Waals surface area (Å²) in [4.78, 5) is 53.3. The standard InChI is InChI=1S/C31H29F3N6O7/c1-39-9-6-15(7-10-39)40-28(43)17-11-20-21(12-18(17)29(40)44)38-26(37-20)24-19(5-8-35-27(24)42)36-13-16(41)14-45-22-3-2-4-23-25(22)46-30(32)31(33,34)47-23/h2-5,8,11-12,15-16,30,41H,6-7,9-10,13-14H2,1H3,(H,37,38)(H2,35,36,42)/t16?,30-/m0/s1. The zero-order valence-corrected chi connectivity index (χ0v) is 24.9. The number of ether oxygens (including phenoxy) is 3. The van der Waals surface area contributed by atoms with E-state index in [9.17, 15) is 32.7 Å². The second kappa shape index (κ2) is 11.6. The van der Waals surface area contributed by atoms with Crippen molar-refractivity contribution < 1.29 is 42.1 Å². The fraction of sp³-hybridized carbons (Fsp3) is 0.355. The number of aliphatic hydroxyl groups excluding tert-OH is 1. The van der Waals surface area contributed by atoms with Gasteiger partial charge in [-0.1, -0.05) is 6.07 Å². The molecular formula is C31H29F3N6O7. The number of rotatable bonds is 8. The van der Waals surface area contributed by atoms with E-state index in [1.165, 1.54) is 29.3 Å². The zero-order valence-electron chi connectivity index (χ0n) is 24.9. The van der Waals surface area contributed by atoms with Crippen molar-refractivity contribution in [3.8, 4) is 28.6 Å². The topological polar surface area (TPSA) is 162 Å². The molecule has 2 atom stereocenters. The summed E-state index contributed by atoms with van der Waals surface area (Å²) in [5, 5.41) is 13.6. The summed E-state index contributed by atoms with van der Waals surface area (Å²) < 4.78 is 55.3. The number of nitrogens with zero attached hydrogens (tertiary/aromatic N) is 3. The van der Waals surface area contributed by atoms with Gasteiger partial charge in [0.05, 0.1) is 27.8 Å². The maximum absolute atomic E-state index is 13.7. The fourth-order valence-electron chi connectivity index (χ4n) is 5.97. The normalized spacial score (nSPS) is 20.0. The number of H-pyrrole nitrogens is 2. The van der Waals surface area contributed by atoms with Crippen LogP contribution in [0.15, 0.2) is 47.4 Å². The van der Waals surface area contributed by atoms with Gasteiger partial charge in [0, 0.05) is 18.8 Å². The molecule has 2 aromatic carbocycles. The molecule has 0 radical (unpaired) electrons. The molecule has 13 nitrogen and oxygen atoms in total. The van der Waals surface area contributed by atoms with Crippen LogP contribution in [-0.4, -0.2) is 99.6 Å². The van der Waals surface area contributed by atoms with Gasteiger partial charge < -0.3 is 39.5 Å². The molecule has 5 heterocycles. The van der Waals surface area contributed by atoms with E-state index in [2.05, 4.69) is 34.6 Å². The smallest absolute Gasteiger partial charge is 0.468 e. The molecule has 47 heavy (non-hydrogen) atoms. The molecule has 1 unspecified atom stereocenters. The number of carbonyl (C=O) groups is 2. The highest BCUT2D eigenvalue weighted by atomic mass is 19.3. The number of para-hydroxylation sites is 1. The second-order valence-electron chi connectivity index (χ2n) is 11.6. The van der Waals surface area contributed by atoms with Gasteiger partial charge in [-0.2, -0.15) is 13.2 Å². The van der Waals surface area contributed by atoms with E-state index < -0.39 is 29.9 Å². The van der Waals surface area contributed by atoms with Gasteiger partial charge in [-0.05, 0) is 63.3 Å². The SMILES string of the molecule is CN1CCC(N2C(=O)c3cc4nc(-c5c(NCC(O)COc6cccc7c6O[C@H](F)C(F)(F)O7)cc[nH]c5=O)[nH]c4cc3C2=O)CC1. The Bertz CT molecular complexity index is 1890. The number of fused-ring (bicyclic) bond motifs is 3. The third kappa shape index (κ3) is 5.52. The lowest BCUT2D eigenvalue weighted by molar-refractivity contribution is -0.281. The van der Waals surface area contributed by atoms with E-state index in [1.54, 1.807) is 18.2 Å². The highest BCUT2D eigenvalue weighted by molar-refractivity contribution is 6.23. The number of anilines is 1. The van der Waals surface area contributed by atoms with Crippen LogP contribution in [0.2, 0.25) is 0 Å². The third-order valence-electron chi connectivity index (χ3n) is 8.40. The van der Waals surface area contributed by atoms with E-state index >= 15 is 0 Å². The number of carbonyl (C=O) groups excluding carboxylic acids is 2. The van der Waals surface area contributed by atoms with Crippen molar-refractivity contribution in [1.82, 2.24) is 24.8 Å². The Balaban J connectivity index is 1.06. The summed E-state index contributed by atoms with van der Waals surface area (Å²) >= 11 is 0. The average molecular weight is 655 g/mol. The van der Waals surface area contributed by atoms with Crippen LogP contribution in [0, 0.1) is 0 Å². The summed E-state index contributed by atoms with van der Waals surface area (Å²) in [6.07, 6.45) is -5.58. The van der Waals surface area contributed by atoms with Gasteiger partial charge in [-0.3, -0.25) is 19.3 Å². The molecule has 0 spiro atoms. The van der Waals surface area contributed by atoms with Crippen molar-refractivity contribution in [3.63, 3.8) is 0 Å². The molecule has 3 aliphatic rings. The molecule has 246 valence electrons. The molecule has 0 bridgehead atoms. The minimum absolute atomic E-state index is 0.111. The van der Waals surface area contributed by atoms with Crippen LogP contribution < -0.4 is 25.1 Å². The summed E-state index contributed by atoms with van der Waals surface area (Å²) in [6.45, 7) is 1.10. The molecule has 2 amide bonds. The lowest BCUT2D eigenvalue weighted by Crippen LogP contribution is -2.46. The quantitative estimate of drug-likeness (QED) is 0.208. The lowest BCUT2D eigenvalue weighted by atomic mass is 10.0. The van der Waals surface area contributed by atoms with Crippen molar-refractivity contribution in [2.75, 3.05) is 38.6 Å². The first-order valence-corrected chi connectivity index (χ1v) is 14.9. The van der Waals surface area contributed by atoms with Crippen LogP contribution in [0.25, 0.3) is 22.4 Å². The number of pyridine rings is 1. The summed E-state index contributed by atoms with van der Waals surface area (Å²) in [7, 11) is 2.00. The molecule has 1 fully saturated rings. The predicted octanol–water partition coefficient (Wildman–Crippen LogP) is 3.12. The molecule has 2 aromatic heterocycles. The Kier molecular flexibility index (Phi) is 7.55. The first-order chi connectivity index (χ1) is 22.5. The number of imidazole rings is 1. The van der Waals surface area contributed by atoms with Gasteiger partial charge in [0.15, 0.2) is 11.5 Å². The Labute approximate surface area is 264 Å². The van der Waals surface area contributed by atoms with Gasteiger partial charge in [0.25, 0.3) is 17.4 Å². The highest BCUT2D eigenvalue weighted by Gasteiger charge is 2.50. The summed E-state index contributed by atoms with van der Waals surface area (Å²) in [5.74, 6) is -1.45.